The molecular formula is C15H11FN2O4S. The quantitative estimate of drug-likeness (QED) is 0.740. The van der Waals surface area contributed by atoms with Crippen LogP contribution in [0.25, 0.3) is 10.2 Å². The molecule has 3 aromatic rings. The van der Waals surface area contributed by atoms with Crippen molar-refractivity contribution in [2.24, 2.45) is 0 Å². The second kappa shape index (κ2) is 5.81. The van der Waals surface area contributed by atoms with Crippen LogP contribution in [0, 0.1) is 5.82 Å². The van der Waals surface area contributed by atoms with Gasteiger partial charge in [0.1, 0.15) is 10.6 Å². The second-order valence-electron chi connectivity index (χ2n) is 4.79. The summed E-state index contributed by atoms with van der Waals surface area (Å²) in [6.07, 6.45) is 0. The summed E-state index contributed by atoms with van der Waals surface area (Å²) in [7, 11) is 1.16. The lowest BCUT2D eigenvalue weighted by molar-refractivity contribution is 0.0595. The van der Waals surface area contributed by atoms with Gasteiger partial charge in [0.15, 0.2) is 0 Å². The van der Waals surface area contributed by atoms with E-state index in [9.17, 15) is 18.8 Å². The highest BCUT2D eigenvalue weighted by molar-refractivity contribution is 7.16. The minimum atomic E-state index is -0.792. The molecule has 0 spiro atoms. The molecule has 0 atom stereocenters. The molecule has 0 unspecified atom stereocenters. The van der Waals surface area contributed by atoms with Crippen molar-refractivity contribution in [3.05, 3.63) is 67.4 Å². The van der Waals surface area contributed by atoms with Crippen LogP contribution >= 0.6 is 11.3 Å². The number of ether oxygens (including phenoxy) is 1. The molecule has 1 aromatic carbocycles. The van der Waals surface area contributed by atoms with Gasteiger partial charge in [0.05, 0.1) is 24.6 Å². The number of carbonyl (C=O) groups excluding carboxylic acids is 1. The van der Waals surface area contributed by atoms with Gasteiger partial charge in [-0.25, -0.2) is 14.0 Å². The van der Waals surface area contributed by atoms with Crippen molar-refractivity contribution in [3.8, 4) is 0 Å². The Balaban J connectivity index is 2.10. The van der Waals surface area contributed by atoms with Crippen LogP contribution < -0.4 is 11.2 Å². The summed E-state index contributed by atoms with van der Waals surface area (Å²) in [4.78, 5) is 38.1. The van der Waals surface area contributed by atoms with Crippen molar-refractivity contribution in [3.63, 3.8) is 0 Å². The lowest BCUT2D eigenvalue weighted by Gasteiger charge is -2.09. The van der Waals surface area contributed by atoms with Gasteiger partial charge in [0.2, 0.25) is 0 Å². The van der Waals surface area contributed by atoms with Crippen LogP contribution in [0.5, 0.6) is 0 Å². The molecule has 0 aliphatic rings. The highest BCUT2D eigenvalue weighted by atomic mass is 32.1. The van der Waals surface area contributed by atoms with Crippen LogP contribution in [0.3, 0.4) is 0 Å². The van der Waals surface area contributed by atoms with Crippen LogP contribution in [0.4, 0.5) is 4.39 Å². The number of H-pyrrole nitrogens is 1. The van der Waals surface area contributed by atoms with E-state index in [0.29, 0.717) is 15.8 Å². The topological polar surface area (TPSA) is 81.2 Å². The van der Waals surface area contributed by atoms with Gasteiger partial charge in [-0.1, -0.05) is 6.07 Å². The van der Waals surface area contributed by atoms with E-state index in [1.165, 1.54) is 28.0 Å². The highest BCUT2D eigenvalue weighted by Crippen LogP contribution is 2.18. The number of carbonyl (C=O) groups is 1. The van der Waals surface area contributed by atoms with Crippen LogP contribution in [0.15, 0.2) is 39.2 Å². The molecule has 0 fully saturated rings. The molecular weight excluding hydrogens is 323 g/mol. The molecule has 0 radical (unpaired) electrons. The molecule has 0 saturated heterocycles. The predicted octanol–water partition coefficient (Wildman–Crippen LogP) is 1.73. The summed E-state index contributed by atoms with van der Waals surface area (Å²) in [6, 6.07) is 5.57. The third-order valence-corrected chi connectivity index (χ3v) is 4.31. The number of aromatic amines is 1. The maximum absolute atomic E-state index is 13.7. The molecule has 118 valence electrons. The van der Waals surface area contributed by atoms with Crippen molar-refractivity contribution in [2.75, 3.05) is 7.11 Å². The predicted molar refractivity (Wildman–Crippen MR) is 83.5 cm³/mol. The minimum Gasteiger partial charge on any atom is -0.465 e. The first-order valence-electron chi connectivity index (χ1n) is 6.58. The summed E-state index contributed by atoms with van der Waals surface area (Å²) in [5.74, 6) is -1.49. The van der Waals surface area contributed by atoms with Gasteiger partial charge in [-0.2, -0.15) is 0 Å². The highest BCUT2D eigenvalue weighted by Gasteiger charge is 2.14. The first-order valence-corrected chi connectivity index (χ1v) is 7.46. The number of fused-ring (bicyclic) bond motifs is 1. The average Bonchev–Trinajstić information content (AvgIpc) is 3.02. The molecule has 3 rings (SSSR count). The third-order valence-electron chi connectivity index (χ3n) is 3.38. The van der Waals surface area contributed by atoms with Crippen LogP contribution in [-0.4, -0.2) is 22.6 Å². The van der Waals surface area contributed by atoms with E-state index in [2.05, 4.69) is 9.72 Å². The Morgan fingerprint density at radius 3 is 2.87 bits per heavy atom. The standard InChI is InChI=1S/C15H11FN2O4S/c1-22-14(20)10-6-8(2-3-11(10)16)7-18-13-9(4-5-23-13)12(19)17-15(18)21/h2-6H,7H2,1H3,(H,17,19,21). The summed E-state index contributed by atoms with van der Waals surface area (Å²) < 4.78 is 19.6. The number of nitrogens with zero attached hydrogens (tertiary/aromatic N) is 1. The Labute approximate surface area is 132 Å². The van der Waals surface area contributed by atoms with Gasteiger partial charge in [-0.05, 0) is 29.1 Å². The maximum Gasteiger partial charge on any atom is 0.340 e. The Kier molecular flexibility index (Phi) is 3.83. The number of esters is 1. The van der Waals surface area contributed by atoms with Gasteiger partial charge in [0, 0.05) is 0 Å². The van der Waals surface area contributed by atoms with Crippen molar-refractivity contribution in [2.45, 2.75) is 6.54 Å². The SMILES string of the molecule is COC(=O)c1cc(Cn2c(=O)[nH]c(=O)c3ccsc32)ccc1F. The van der Waals surface area contributed by atoms with E-state index in [4.69, 9.17) is 0 Å². The smallest absolute Gasteiger partial charge is 0.340 e. The summed E-state index contributed by atoms with van der Waals surface area (Å²) in [6.45, 7) is 0.0941. The molecule has 23 heavy (non-hydrogen) atoms. The number of halogens is 1. The fraction of sp³-hybridized carbons (Fsp3) is 0.133. The molecule has 0 aliphatic carbocycles. The van der Waals surface area contributed by atoms with E-state index < -0.39 is 23.0 Å². The summed E-state index contributed by atoms with van der Waals surface area (Å²) in [5.41, 5.74) is -0.675. The average molecular weight is 334 g/mol. The zero-order valence-electron chi connectivity index (χ0n) is 12.0. The van der Waals surface area contributed by atoms with Crippen molar-refractivity contribution >= 4 is 27.5 Å². The Morgan fingerprint density at radius 1 is 1.35 bits per heavy atom. The zero-order chi connectivity index (χ0) is 16.6. The third kappa shape index (κ3) is 2.68. The number of aromatic nitrogens is 2. The number of rotatable bonds is 3. The monoisotopic (exact) mass is 334 g/mol. The van der Waals surface area contributed by atoms with Crippen LogP contribution in [0.1, 0.15) is 15.9 Å². The molecule has 0 aliphatic heterocycles. The van der Waals surface area contributed by atoms with E-state index in [1.807, 2.05) is 0 Å². The lowest BCUT2D eigenvalue weighted by atomic mass is 10.1. The van der Waals surface area contributed by atoms with Gasteiger partial charge in [-0.15, -0.1) is 11.3 Å². The van der Waals surface area contributed by atoms with Crippen LogP contribution in [0.2, 0.25) is 0 Å². The molecule has 8 heteroatoms. The normalized spacial score (nSPS) is 10.9. The fourth-order valence-corrected chi connectivity index (χ4v) is 3.17. The maximum atomic E-state index is 13.7. The number of nitrogens with one attached hydrogen (secondary N) is 1. The fourth-order valence-electron chi connectivity index (χ4n) is 2.27. The van der Waals surface area contributed by atoms with E-state index in [0.717, 1.165) is 13.2 Å². The number of hydrogen-bond donors (Lipinski definition) is 1. The zero-order valence-corrected chi connectivity index (χ0v) is 12.8. The van der Waals surface area contributed by atoms with Crippen molar-refractivity contribution in [1.29, 1.82) is 0 Å². The van der Waals surface area contributed by atoms with Gasteiger partial charge >= 0.3 is 11.7 Å². The van der Waals surface area contributed by atoms with E-state index in [1.54, 1.807) is 11.4 Å². The first-order chi connectivity index (χ1) is 11.0. The second-order valence-corrected chi connectivity index (χ2v) is 5.69. The molecule has 2 aromatic heterocycles. The first kappa shape index (κ1) is 15.2. The number of hydrogen-bond acceptors (Lipinski definition) is 5. The summed E-state index contributed by atoms with van der Waals surface area (Å²) in [5, 5.41) is 2.12. The number of benzene rings is 1. The van der Waals surface area contributed by atoms with E-state index in [-0.39, 0.29) is 12.1 Å². The van der Waals surface area contributed by atoms with E-state index >= 15 is 0 Å². The molecule has 6 nitrogen and oxygen atoms in total. The summed E-state index contributed by atoms with van der Waals surface area (Å²) >= 11 is 1.26. The Hall–Kier alpha value is -2.74. The molecule has 0 bridgehead atoms. The Morgan fingerprint density at radius 2 is 2.13 bits per heavy atom. The van der Waals surface area contributed by atoms with Gasteiger partial charge in [0.25, 0.3) is 5.56 Å². The lowest BCUT2D eigenvalue weighted by Crippen LogP contribution is -2.29. The van der Waals surface area contributed by atoms with Crippen LogP contribution in [-0.2, 0) is 11.3 Å². The Bertz CT molecular complexity index is 1020. The molecule has 1 N–H and O–H groups in total. The molecule has 0 amide bonds. The van der Waals surface area contributed by atoms with Gasteiger partial charge in [-0.3, -0.25) is 14.3 Å². The molecule has 0 saturated carbocycles. The minimum absolute atomic E-state index is 0.0941. The number of thiophene rings is 1. The molecule has 2 heterocycles. The van der Waals surface area contributed by atoms with Crippen molar-refractivity contribution in [1.82, 2.24) is 9.55 Å². The largest absolute Gasteiger partial charge is 0.465 e. The van der Waals surface area contributed by atoms with Gasteiger partial charge < -0.3 is 4.74 Å². The van der Waals surface area contributed by atoms with Crippen molar-refractivity contribution < 1.29 is 13.9 Å². The number of methoxy groups -OCH3 is 1.